The minimum Gasteiger partial charge on any atom is -0.399 e. The third kappa shape index (κ3) is 5.36. The normalized spacial score (nSPS) is 18.4. The number of carbonyl (C=O) groups excluding carboxylic acids is 1. The number of nitrogen functional groups attached to an aromatic ring is 1. The van der Waals surface area contributed by atoms with Crippen LogP contribution < -0.4 is 11.1 Å². The average Bonchev–Trinajstić information content (AvgIpc) is 2.41. The van der Waals surface area contributed by atoms with Gasteiger partial charge in [-0.25, -0.2) is 0 Å². The highest BCUT2D eigenvalue weighted by molar-refractivity contribution is 5.91. The number of hydrogen-bond acceptors (Lipinski definition) is 4. The second-order valence-electron chi connectivity index (χ2n) is 6.12. The lowest BCUT2D eigenvalue weighted by Crippen LogP contribution is -2.42. The Morgan fingerprint density at radius 1 is 1.43 bits per heavy atom. The Morgan fingerprint density at radius 3 is 2.81 bits per heavy atom. The second-order valence-corrected chi connectivity index (χ2v) is 6.12. The Labute approximate surface area is 126 Å². The fourth-order valence-corrected chi connectivity index (χ4v) is 2.56. The lowest BCUT2D eigenvalue weighted by Gasteiger charge is -2.35. The predicted molar refractivity (Wildman–Crippen MR) is 85.0 cm³/mol. The zero-order valence-electron chi connectivity index (χ0n) is 12.6. The molecule has 1 aliphatic rings. The van der Waals surface area contributed by atoms with E-state index in [0.29, 0.717) is 12.1 Å². The van der Waals surface area contributed by atoms with Crippen LogP contribution in [0.25, 0.3) is 0 Å². The van der Waals surface area contributed by atoms with Gasteiger partial charge in [-0.05, 0) is 50.9 Å². The van der Waals surface area contributed by atoms with E-state index in [1.807, 2.05) is 19.1 Å². The topological polar surface area (TPSA) is 78.6 Å². The maximum atomic E-state index is 11.9. The van der Waals surface area contributed by atoms with E-state index in [1.54, 1.807) is 12.1 Å². The van der Waals surface area contributed by atoms with Gasteiger partial charge >= 0.3 is 0 Å². The quantitative estimate of drug-likeness (QED) is 0.723. The van der Waals surface area contributed by atoms with E-state index in [1.165, 1.54) is 0 Å². The third-order valence-corrected chi connectivity index (χ3v) is 3.98. The highest BCUT2D eigenvalue weighted by Gasteiger charge is 2.26. The van der Waals surface area contributed by atoms with Crippen molar-refractivity contribution in [3.05, 3.63) is 24.3 Å². The van der Waals surface area contributed by atoms with Crippen LogP contribution in [0.15, 0.2) is 24.3 Å². The van der Waals surface area contributed by atoms with E-state index in [-0.39, 0.29) is 5.91 Å². The van der Waals surface area contributed by atoms with Gasteiger partial charge in [0.15, 0.2) is 0 Å². The lowest BCUT2D eigenvalue weighted by atomic mass is 9.94. The molecule has 116 valence electrons. The lowest BCUT2D eigenvalue weighted by molar-refractivity contribution is -0.116. The Balaban J connectivity index is 1.66. The fourth-order valence-electron chi connectivity index (χ4n) is 2.56. The molecule has 0 aliphatic carbocycles. The van der Waals surface area contributed by atoms with Gasteiger partial charge in [0.2, 0.25) is 5.91 Å². The molecule has 1 amide bonds. The van der Waals surface area contributed by atoms with Crippen LogP contribution in [0.5, 0.6) is 0 Å². The smallest absolute Gasteiger partial charge is 0.224 e. The van der Waals surface area contributed by atoms with Crippen molar-refractivity contribution in [1.82, 2.24) is 4.90 Å². The van der Waals surface area contributed by atoms with Crippen LogP contribution in [0.2, 0.25) is 0 Å². The molecule has 5 heteroatoms. The van der Waals surface area contributed by atoms with Crippen molar-refractivity contribution in [2.75, 3.05) is 30.7 Å². The number of hydrogen-bond donors (Lipinski definition) is 3. The summed E-state index contributed by atoms with van der Waals surface area (Å²) in [4.78, 5) is 14.2. The van der Waals surface area contributed by atoms with Gasteiger partial charge in [-0.1, -0.05) is 6.07 Å². The molecule has 4 N–H and O–H groups in total. The number of nitrogens with one attached hydrogen (secondary N) is 1. The van der Waals surface area contributed by atoms with E-state index in [9.17, 15) is 9.90 Å². The van der Waals surface area contributed by atoms with Gasteiger partial charge in [-0.3, -0.25) is 4.79 Å². The molecule has 0 bridgehead atoms. The summed E-state index contributed by atoms with van der Waals surface area (Å²) in [5.41, 5.74) is 6.55. The van der Waals surface area contributed by atoms with Crippen molar-refractivity contribution < 1.29 is 9.90 Å². The third-order valence-electron chi connectivity index (χ3n) is 3.98. The molecule has 0 unspecified atom stereocenters. The summed E-state index contributed by atoms with van der Waals surface area (Å²) in [6.07, 6.45) is 2.95. The van der Waals surface area contributed by atoms with Gasteiger partial charge in [0.1, 0.15) is 0 Å². The summed E-state index contributed by atoms with van der Waals surface area (Å²) < 4.78 is 0. The molecule has 1 fully saturated rings. The van der Waals surface area contributed by atoms with Crippen LogP contribution >= 0.6 is 0 Å². The number of carbonyl (C=O) groups is 1. The number of nitrogens with zero attached hydrogens (tertiary/aromatic N) is 1. The highest BCUT2D eigenvalue weighted by atomic mass is 16.3. The predicted octanol–water partition coefficient (Wildman–Crippen LogP) is 1.83. The van der Waals surface area contributed by atoms with Crippen LogP contribution in [0.1, 0.15) is 32.6 Å². The summed E-state index contributed by atoms with van der Waals surface area (Å²) in [5, 5.41) is 12.7. The minimum atomic E-state index is -0.513. The molecule has 2 rings (SSSR count). The number of rotatable bonds is 5. The Bertz CT molecular complexity index is 478. The van der Waals surface area contributed by atoms with Gasteiger partial charge in [0, 0.05) is 30.9 Å². The summed E-state index contributed by atoms with van der Waals surface area (Å²) in [6, 6.07) is 7.21. The molecule has 0 atom stereocenters. The van der Waals surface area contributed by atoms with Gasteiger partial charge < -0.3 is 21.1 Å². The first-order valence-electron chi connectivity index (χ1n) is 7.55. The first-order chi connectivity index (χ1) is 9.94. The largest absolute Gasteiger partial charge is 0.399 e. The van der Waals surface area contributed by atoms with Crippen molar-refractivity contribution in [2.24, 2.45) is 0 Å². The van der Waals surface area contributed by atoms with Crippen LogP contribution in [-0.2, 0) is 4.79 Å². The average molecular weight is 291 g/mol. The number of piperidine rings is 1. The molecule has 1 aliphatic heterocycles. The molecule has 0 radical (unpaired) electrons. The van der Waals surface area contributed by atoms with Crippen molar-refractivity contribution in [1.29, 1.82) is 0 Å². The van der Waals surface area contributed by atoms with Gasteiger partial charge in [-0.15, -0.1) is 0 Å². The van der Waals surface area contributed by atoms with E-state index in [4.69, 9.17) is 5.73 Å². The molecule has 0 aromatic heterocycles. The Morgan fingerprint density at radius 2 is 2.14 bits per heavy atom. The Kier molecular flexibility index (Phi) is 5.20. The molecule has 0 saturated carbocycles. The highest BCUT2D eigenvalue weighted by Crippen LogP contribution is 2.21. The molecule has 1 aromatic carbocycles. The monoisotopic (exact) mass is 291 g/mol. The molecular formula is C16H25N3O2. The van der Waals surface area contributed by atoms with Crippen molar-refractivity contribution in [2.45, 2.75) is 38.2 Å². The van der Waals surface area contributed by atoms with Gasteiger partial charge in [-0.2, -0.15) is 0 Å². The molecular weight excluding hydrogens is 266 g/mol. The molecule has 21 heavy (non-hydrogen) atoms. The maximum Gasteiger partial charge on any atom is 0.224 e. The molecule has 1 saturated heterocycles. The van der Waals surface area contributed by atoms with Gasteiger partial charge in [0.05, 0.1) is 5.60 Å². The summed E-state index contributed by atoms with van der Waals surface area (Å²) >= 11 is 0. The summed E-state index contributed by atoms with van der Waals surface area (Å²) in [7, 11) is 0. The number of aliphatic hydroxyl groups is 1. The van der Waals surface area contributed by atoms with Crippen LogP contribution in [0.3, 0.4) is 0 Å². The number of likely N-dealkylation sites (tertiary alicyclic amines) is 1. The van der Waals surface area contributed by atoms with Crippen molar-refractivity contribution >= 4 is 17.3 Å². The standard InChI is InChI=1S/C16H25N3O2/c1-16(21)7-10-19(11-8-16)9-3-6-15(20)18-14-5-2-4-13(17)12-14/h2,4-5,12,21H,3,6-11,17H2,1H3,(H,18,20). The van der Waals surface area contributed by atoms with Gasteiger partial charge in [0.25, 0.3) is 0 Å². The molecule has 5 nitrogen and oxygen atoms in total. The summed E-state index contributed by atoms with van der Waals surface area (Å²) in [6.45, 7) is 4.61. The van der Waals surface area contributed by atoms with E-state index < -0.39 is 5.60 Å². The maximum absolute atomic E-state index is 11.9. The van der Waals surface area contributed by atoms with Crippen LogP contribution in [0.4, 0.5) is 11.4 Å². The van der Waals surface area contributed by atoms with Crippen LogP contribution in [0, 0.1) is 0 Å². The first-order valence-corrected chi connectivity index (χ1v) is 7.55. The second kappa shape index (κ2) is 6.91. The zero-order chi connectivity index (χ0) is 15.3. The number of benzene rings is 1. The minimum absolute atomic E-state index is 0.0182. The number of amides is 1. The van der Waals surface area contributed by atoms with Crippen LogP contribution in [-0.4, -0.2) is 41.1 Å². The van der Waals surface area contributed by atoms with E-state index in [2.05, 4.69) is 10.2 Å². The van der Waals surface area contributed by atoms with Crippen molar-refractivity contribution in [3.8, 4) is 0 Å². The molecule has 1 heterocycles. The van der Waals surface area contributed by atoms with E-state index in [0.717, 1.165) is 44.6 Å². The number of anilines is 2. The number of nitrogens with two attached hydrogens (primary N) is 1. The first kappa shape index (κ1) is 15.8. The Hall–Kier alpha value is -1.59. The molecule has 0 spiro atoms. The van der Waals surface area contributed by atoms with Crippen molar-refractivity contribution in [3.63, 3.8) is 0 Å². The summed E-state index contributed by atoms with van der Waals surface area (Å²) in [5.74, 6) is 0.0182. The fraction of sp³-hybridized carbons (Fsp3) is 0.562. The van der Waals surface area contributed by atoms with E-state index >= 15 is 0 Å². The molecule has 1 aromatic rings. The SMILES string of the molecule is CC1(O)CCN(CCCC(=O)Nc2cccc(N)c2)CC1. The zero-order valence-corrected chi connectivity index (χ0v) is 12.6.